The summed E-state index contributed by atoms with van der Waals surface area (Å²) >= 11 is 5.77. The van der Waals surface area contributed by atoms with Gasteiger partial charge in [-0.1, -0.05) is 50.2 Å². The van der Waals surface area contributed by atoms with Gasteiger partial charge in [0, 0.05) is 97.1 Å². The Balaban J connectivity index is 0.899. The summed E-state index contributed by atoms with van der Waals surface area (Å²) in [5.41, 5.74) is 5.48. The first kappa shape index (κ1) is 63.6. The minimum atomic E-state index is -2.56. The summed E-state index contributed by atoms with van der Waals surface area (Å²) in [6.45, 7) is 11.6. The molecule has 2 N–H and O–H groups in total. The number of fused-ring (bicyclic) bond motifs is 6. The van der Waals surface area contributed by atoms with Crippen LogP contribution in [0.2, 0.25) is 13.1 Å². The zero-order valence-electron chi connectivity index (χ0n) is 50.5. The smallest absolute Gasteiger partial charge is 0.340 e. The Morgan fingerprint density at radius 3 is 1.90 bits per heavy atom. The molecule has 20 nitrogen and oxygen atoms in total. The number of benzene rings is 5. The second kappa shape index (κ2) is 29.2. The molecule has 0 saturated carbocycles. The van der Waals surface area contributed by atoms with Crippen molar-refractivity contribution in [2.45, 2.75) is 57.7 Å². The SMILES string of the molecule is CCN(CC(=O)OC)c1ccc(NC(=O)C2CN(c3ccc4c(c3)[Si](C)(C)c3cc(N5CCC5)ccc3C43OC(=O)c4ccc(C(=O)NCCOCCOCCCCCCCl)cc43)C2)cc1OCCOc1ccccc1N(CC(=O)OC)CC(=O)OC. The summed E-state index contributed by atoms with van der Waals surface area (Å²) in [5.74, 6) is -1.40. The Kier molecular flexibility index (Phi) is 21.4. The highest BCUT2D eigenvalue weighted by Crippen LogP contribution is 2.50. The summed E-state index contributed by atoms with van der Waals surface area (Å²) < 4.78 is 45.4. The van der Waals surface area contributed by atoms with Gasteiger partial charge in [-0.3, -0.25) is 24.0 Å². The normalized spacial score (nSPS) is 16.1. The number of para-hydroxylation sites is 2. The third-order valence-electron chi connectivity index (χ3n) is 16.6. The average Bonchev–Trinajstić information content (AvgIpc) is 1.66. The van der Waals surface area contributed by atoms with Crippen LogP contribution in [0.1, 0.15) is 76.4 Å². The number of halogens is 1. The van der Waals surface area contributed by atoms with Crippen LogP contribution >= 0.6 is 11.6 Å². The van der Waals surface area contributed by atoms with E-state index in [1.807, 2.05) is 19.1 Å². The number of amides is 2. The van der Waals surface area contributed by atoms with Gasteiger partial charge in [-0.2, -0.15) is 0 Å². The Morgan fingerprint density at radius 1 is 0.655 bits per heavy atom. The minimum Gasteiger partial charge on any atom is -0.488 e. The monoisotopic (exact) mass is 1230 g/mol. The van der Waals surface area contributed by atoms with Gasteiger partial charge in [0.25, 0.3) is 5.91 Å². The maximum atomic E-state index is 14.2. The molecule has 1 atom stereocenters. The van der Waals surface area contributed by atoms with Crippen molar-refractivity contribution in [2.24, 2.45) is 5.92 Å². The van der Waals surface area contributed by atoms with E-state index in [1.165, 1.54) is 26.2 Å². The molecule has 4 aliphatic heterocycles. The molecule has 9 rings (SSSR count). The molecule has 1 unspecified atom stereocenters. The zero-order chi connectivity index (χ0) is 61.7. The summed E-state index contributed by atoms with van der Waals surface area (Å²) in [5, 5.41) is 8.34. The first-order valence-corrected chi connectivity index (χ1v) is 33.3. The van der Waals surface area contributed by atoms with E-state index in [2.05, 4.69) is 63.9 Å². The van der Waals surface area contributed by atoms with E-state index in [-0.39, 0.29) is 50.6 Å². The van der Waals surface area contributed by atoms with E-state index < -0.39 is 37.6 Å². The van der Waals surface area contributed by atoms with Gasteiger partial charge >= 0.3 is 23.9 Å². The first-order chi connectivity index (χ1) is 42.1. The Morgan fingerprint density at radius 2 is 1.26 bits per heavy atom. The van der Waals surface area contributed by atoms with Gasteiger partial charge in [0.15, 0.2) is 5.60 Å². The molecule has 2 saturated heterocycles. The number of methoxy groups -OCH3 is 3. The van der Waals surface area contributed by atoms with Gasteiger partial charge in [0.1, 0.15) is 52.4 Å². The van der Waals surface area contributed by atoms with Crippen LogP contribution in [0.4, 0.5) is 28.4 Å². The van der Waals surface area contributed by atoms with Crippen LogP contribution in [0.5, 0.6) is 11.5 Å². The topological polar surface area (TPSA) is 213 Å². The lowest BCUT2D eigenvalue weighted by atomic mass is 9.78. The van der Waals surface area contributed by atoms with E-state index >= 15 is 0 Å². The summed E-state index contributed by atoms with van der Waals surface area (Å²) in [6, 6.07) is 30.2. The van der Waals surface area contributed by atoms with Crippen molar-refractivity contribution >= 4 is 94.2 Å². The molecule has 5 aromatic rings. The van der Waals surface area contributed by atoms with Crippen molar-refractivity contribution in [1.29, 1.82) is 0 Å². The van der Waals surface area contributed by atoms with E-state index in [1.54, 1.807) is 59.5 Å². The molecule has 0 radical (unpaired) electrons. The summed E-state index contributed by atoms with van der Waals surface area (Å²) in [7, 11) is 1.29. The number of hydrogen-bond acceptors (Lipinski definition) is 18. The van der Waals surface area contributed by atoms with E-state index in [0.29, 0.717) is 104 Å². The predicted octanol–water partition coefficient (Wildman–Crippen LogP) is 6.74. The van der Waals surface area contributed by atoms with Crippen molar-refractivity contribution in [1.82, 2.24) is 5.32 Å². The fraction of sp³-hybridized carbons (Fsp3) is 0.446. The molecule has 0 aromatic heterocycles. The lowest BCUT2D eigenvalue weighted by Gasteiger charge is -2.46. The molecule has 1 spiro atoms. The highest BCUT2D eigenvalue weighted by molar-refractivity contribution is 7.01. The molecule has 0 bridgehead atoms. The number of carbonyl (C=O) groups is 6. The van der Waals surface area contributed by atoms with Gasteiger partial charge in [0.05, 0.1) is 64.0 Å². The molecule has 5 aromatic carbocycles. The van der Waals surface area contributed by atoms with Gasteiger partial charge in [-0.25, -0.2) is 4.79 Å². The second-order valence-electron chi connectivity index (χ2n) is 22.4. The fourth-order valence-corrected chi connectivity index (χ4v) is 14.9. The lowest BCUT2D eigenvalue weighted by molar-refractivity contribution is -0.140. The van der Waals surface area contributed by atoms with Crippen LogP contribution in [0.3, 0.4) is 0 Å². The molecule has 87 heavy (non-hydrogen) atoms. The summed E-state index contributed by atoms with van der Waals surface area (Å²) in [6.07, 6.45) is 5.30. The van der Waals surface area contributed by atoms with Crippen molar-refractivity contribution < 1.29 is 66.7 Å². The van der Waals surface area contributed by atoms with Gasteiger partial charge in [0.2, 0.25) is 5.91 Å². The molecular formula is C65H79ClN6O14Si. The van der Waals surface area contributed by atoms with Crippen molar-refractivity contribution in [3.05, 3.63) is 125 Å². The highest BCUT2D eigenvalue weighted by Gasteiger charge is 2.56. The number of ether oxygens (including phenoxy) is 8. The third-order valence-corrected chi connectivity index (χ3v) is 20.3. The van der Waals surface area contributed by atoms with Crippen LogP contribution in [0.15, 0.2) is 97.1 Å². The van der Waals surface area contributed by atoms with Crippen molar-refractivity contribution in [3.63, 3.8) is 0 Å². The number of esters is 4. The van der Waals surface area contributed by atoms with E-state index in [9.17, 15) is 28.8 Å². The summed E-state index contributed by atoms with van der Waals surface area (Å²) in [4.78, 5) is 87.2. The fourth-order valence-electron chi connectivity index (χ4n) is 11.6. The molecule has 2 fully saturated rings. The molecule has 2 amide bonds. The molecule has 4 heterocycles. The van der Waals surface area contributed by atoms with Crippen molar-refractivity contribution in [3.8, 4) is 11.5 Å². The number of unbranched alkanes of at least 4 members (excludes halogenated alkanes) is 3. The number of nitrogens with zero attached hydrogens (tertiary/aromatic N) is 4. The third kappa shape index (κ3) is 14.4. The van der Waals surface area contributed by atoms with Crippen LogP contribution in [0.25, 0.3) is 0 Å². The van der Waals surface area contributed by atoms with Crippen LogP contribution in [0, 0.1) is 5.92 Å². The molecule has 22 heteroatoms. The Labute approximate surface area is 514 Å². The van der Waals surface area contributed by atoms with E-state index in [4.69, 9.17) is 49.5 Å². The number of hydrogen-bond donors (Lipinski definition) is 2. The highest BCUT2D eigenvalue weighted by atomic mass is 35.5. The Hall–Kier alpha value is -7.85. The number of rotatable bonds is 31. The van der Waals surface area contributed by atoms with Crippen LogP contribution < -0.4 is 50.1 Å². The zero-order valence-corrected chi connectivity index (χ0v) is 52.3. The Bertz CT molecular complexity index is 3280. The maximum Gasteiger partial charge on any atom is 0.340 e. The average molecular weight is 1230 g/mol. The number of nitrogens with one attached hydrogen (secondary N) is 2. The molecule has 4 aliphatic rings. The predicted molar refractivity (Wildman–Crippen MR) is 336 cm³/mol. The van der Waals surface area contributed by atoms with Gasteiger partial charge in [-0.05, 0) is 103 Å². The number of carbonyl (C=O) groups excluding carboxylic acids is 6. The quantitative estimate of drug-likeness (QED) is 0.0155. The molecule has 464 valence electrons. The first-order valence-electron chi connectivity index (χ1n) is 29.8. The minimum absolute atomic E-state index is 0.0325. The maximum absolute atomic E-state index is 14.2. The van der Waals surface area contributed by atoms with Gasteiger partial charge < -0.3 is 68.1 Å². The molecule has 0 aliphatic carbocycles. The van der Waals surface area contributed by atoms with Gasteiger partial charge in [-0.15, -0.1) is 11.6 Å². The largest absolute Gasteiger partial charge is 0.488 e. The van der Waals surface area contributed by atoms with Crippen molar-refractivity contribution in [2.75, 3.05) is 151 Å². The van der Waals surface area contributed by atoms with E-state index in [0.717, 1.165) is 78.1 Å². The second-order valence-corrected chi connectivity index (χ2v) is 27.1. The number of alkyl halides is 1. The lowest BCUT2D eigenvalue weighted by Crippen LogP contribution is -2.63. The molecular weight excluding hydrogens is 1150 g/mol. The van der Waals surface area contributed by atoms with Crippen LogP contribution in [-0.2, 0) is 53.2 Å². The van der Waals surface area contributed by atoms with Crippen LogP contribution in [-0.4, -0.2) is 170 Å². The standard InChI is InChI=1S/C65H79ClN6O14Si/c1-7-69(41-59(73)79-2)54-24-18-46(36-56(54)85-34-33-84-55-16-11-10-15-53(55)72(42-60(74)80-3)43-61(75)81-4)68-63(77)45-39-71(40-45)48-20-23-51-58(38-48)87(5,6)57-37-47(70-27-14-28-70)19-22-50(57)65(51)52-35-44(17-21-49(52)64(78)86-65)62(76)67-26-30-83-32-31-82-29-13-9-8-12-25-66/h10-11,15-24,35-38,45H,7-9,12-14,25-34,39-43H2,1-6H3,(H,67,76)(H,68,77). The number of likely N-dealkylation sites (N-methyl/N-ethyl adjacent to an activating group) is 1. The number of anilines is 5.